The van der Waals surface area contributed by atoms with E-state index in [0.29, 0.717) is 27.8 Å². The number of thioether (sulfide) groups is 1. The van der Waals surface area contributed by atoms with Crippen molar-refractivity contribution in [2.45, 2.75) is 17.7 Å². The zero-order valence-electron chi connectivity index (χ0n) is 17.8. The van der Waals surface area contributed by atoms with Crippen LogP contribution in [0.5, 0.6) is 5.75 Å². The zero-order chi connectivity index (χ0) is 22.8. The maximum absolute atomic E-state index is 13.3. The third-order valence-corrected chi connectivity index (χ3v) is 6.47. The van der Waals surface area contributed by atoms with E-state index in [4.69, 9.17) is 25.9 Å². The van der Waals surface area contributed by atoms with Gasteiger partial charge >= 0.3 is 0 Å². The summed E-state index contributed by atoms with van der Waals surface area (Å²) in [4.78, 5) is 17.7. The van der Waals surface area contributed by atoms with Crippen molar-refractivity contribution < 1.29 is 13.9 Å². The number of halogens is 1. The lowest BCUT2D eigenvalue weighted by molar-refractivity contribution is -0.130. The largest absolute Gasteiger partial charge is 0.497 e. The van der Waals surface area contributed by atoms with Crippen molar-refractivity contribution in [1.29, 1.82) is 0 Å². The summed E-state index contributed by atoms with van der Waals surface area (Å²) in [5.41, 5.74) is 4.19. The van der Waals surface area contributed by atoms with Crippen molar-refractivity contribution in [3.63, 3.8) is 0 Å². The highest BCUT2D eigenvalue weighted by molar-refractivity contribution is 7.99. The van der Waals surface area contributed by atoms with E-state index in [1.165, 1.54) is 11.8 Å². The Morgan fingerprint density at radius 2 is 1.94 bits per heavy atom. The lowest BCUT2D eigenvalue weighted by atomic mass is 9.98. The van der Waals surface area contributed by atoms with Gasteiger partial charge in [0.1, 0.15) is 11.3 Å². The summed E-state index contributed by atoms with van der Waals surface area (Å²) in [7, 11) is 1.63. The summed E-state index contributed by atoms with van der Waals surface area (Å²) in [6, 6.07) is 22.7. The van der Waals surface area contributed by atoms with Gasteiger partial charge in [0, 0.05) is 11.4 Å². The van der Waals surface area contributed by atoms with E-state index in [1.54, 1.807) is 30.3 Å². The zero-order valence-corrected chi connectivity index (χ0v) is 19.3. The average molecular weight is 478 g/mol. The van der Waals surface area contributed by atoms with Gasteiger partial charge in [-0.1, -0.05) is 65.8 Å². The third kappa shape index (κ3) is 4.60. The van der Waals surface area contributed by atoms with Crippen molar-refractivity contribution in [2.24, 2.45) is 5.10 Å². The molecule has 0 radical (unpaired) electrons. The maximum atomic E-state index is 13.3. The normalized spacial score (nSPS) is 15.6. The molecule has 8 heteroatoms. The number of nitrogens with zero attached hydrogens (tertiary/aromatic N) is 3. The first kappa shape index (κ1) is 21.6. The number of benzene rings is 3. The van der Waals surface area contributed by atoms with Crippen LogP contribution in [0.4, 0.5) is 0 Å². The SMILES string of the molecule is COc1ccc(C2CC(c3ccccc3)=NN2C(=O)CSc2nc3cc(Cl)ccc3o2)cc1. The Hall–Kier alpha value is -3.29. The fourth-order valence-electron chi connectivity index (χ4n) is 3.76. The highest BCUT2D eigenvalue weighted by Crippen LogP contribution is 2.35. The van der Waals surface area contributed by atoms with Crippen LogP contribution in [0.25, 0.3) is 11.1 Å². The van der Waals surface area contributed by atoms with Crippen molar-refractivity contribution in [3.05, 3.63) is 88.9 Å². The van der Waals surface area contributed by atoms with Crippen LogP contribution in [0, 0.1) is 0 Å². The van der Waals surface area contributed by atoms with Crippen LogP contribution in [-0.4, -0.2) is 34.5 Å². The molecule has 0 saturated heterocycles. The first-order valence-corrected chi connectivity index (χ1v) is 11.7. The number of hydrogen-bond donors (Lipinski definition) is 0. The molecule has 3 aromatic carbocycles. The van der Waals surface area contributed by atoms with Gasteiger partial charge in [-0.3, -0.25) is 4.79 Å². The molecule has 1 unspecified atom stereocenters. The lowest BCUT2D eigenvalue weighted by Crippen LogP contribution is -2.28. The van der Waals surface area contributed by atoms with Crippen LogP contribution >= 0.6 is 23.4 Å². The summed E-state index contributed by atoms with van der Waals surface area (Å²) in [6.07, 6.45) is 0.633. The summed E-state index contributed by atoms with van der Waals surface area (Å²) in [6.45, 7) is 0. The molecule has 1 atom stereocenters. The summed E-state index contributed by atoms with van der Waals surface area (Å²) < 4.78 is 11.0. The quantitative estimate of drug-likeness (QED) is 0.320. The smallest absolute Gasteiger partial charge is 0.257 e. The van der Waals surface area contributed by atoms with Gasteiger partial charge < -0.3 is 9.15 Å². The molecule has 0 fully saturated rings. The van der Waals surface area contributed by atoms with Crippen molar-refractivity contribution in [1.82, 2.24) is 9.99 Å². The van der Waals surface area contributed by atoms with Crippen LogP contribution in [0.3, 0.4) is 0 Å². The molecule has 1 aromatic heterocycles. The molecule has 2 heterocycles. The number of ether oxygens (including phenoxy) is 1. The molecular weight excluding hydrogens is 458 g/mol. The number of hydrazone groups is 1. The van der Waals surface area contributed by atoms with Gasteiger partial charge in [0.15, 0.2) is 5.58 Å². The first-order chi connectivity index (χ1) is 16.1. The number of carbonyl (C=O) groups is 1. The molecule has 0 bridgehead atoms. The molecule has 1 amide bonds. The minimum Gasteiger partial charge on any atom is -0.497 e. The van der Waals surface area contributed by atoms with E-state index in [1.807, 2.05) is 54.6 Å². The Bertz CT molecular complexity index is 1320. The third-order valence-electron chi connectivity index (χ3n) is 5.42. The topological polar surface area (TPSA) is 67.9 Å². The molecule has 0 N–H and O–H groups in total. The fourth-order valence-corrected chi connectivity index (χ4v) is 4.62. The van der Waals surface area contributed by atoms with E-state index in [9.17, 15) is 4.79 Å². The van der Waals surface area contributed by atoms with E-state index in [2.05, 4.69) is 4.98 Å². The van der Waals surface area contributed by atoms with E-state index in [-0.39, 0.29) is 17.7 Å². The second-order valence-electron chi connectivity index (χ2n) is 7.52. The van der Waals surface area contributed by atoms with Crippen LogP contribution in [0.2, 0.25) is 5.02 Å². The number of amides is 1. The van der Waals surface area contributed by atoms with E-state index in [0.717, 1.165) is 22.6 Å². The molecule has 1 aliphatic rings. The molecule has 4 aromatic rings. The van der Waals surface area contributed by atoms with E-state index >= 15 is 0 Å². The number of hydrogen-bond acceptors (Lipinski definition) is 6. The second kappa shape index (κ2) is 9.29. The predicted molar refractivity (Wildman–Crippen MR) is 130 cm³/mol. The first-order valence-electron chi connectivity index (χ1n) is 10.4. The highest BCUT2D eigenvalue weighted by Gasteiger charge is 2.33. The standard InChI is InChI=1S/C25H20ClN3O3S/c1-31-19-10-7-17(8-11-19)22-14-20(16-5-3-2-4-6-16)28-29(22)24(30)15-33-25-27-21-13-18(26)9-12-23(21)32-25/h2-13,22H,14-15H2,1H3. The molecule has 166 valence electrons. The molecule has 6 nitrogen and oxygen atoms in total. The predicted octanol–water partition coefficient (Wildman–Crippen LogP) is 5.96. The average Bonchev–Trinajstić information content (AvgIpc) is 3.47. The van der Waals surface area contributed by atoms with Gasteiger partial charge in [-0.15, -0.1) is 0 Å². The monoisotopic (exact) mass is 477 g/mol. The van der Waals surface area contributed by atoms with Gasteiger partial charge in [0.25, 0.3) is 11.1 Å². The molecule has 1 aliphatic heterocycles. The van der Waals surface area contributed by atoms with Gasteiger partial charge in [0.05, 0.1) is 24.6 Å². The van der Waals surface area contributed by atoms with Gasteiger partial charge in [-0.25, -0.2) is 9.99 Å². The Morgan fingerprint density at radius 1 is 1.15 bits per heavy atom. The minimum atomic E-state index is -0.193. The van der Waals surface area contributed by atoms with E-state index < -0.39 is 0 Å². The van der Waals surface area contributed by atoms with Crippen LogP contribution in [0.1, 0.15) is 23.6 Å². The van der Waals surface area contributed by atoms with Gasteiger partial charge in [-0.2, -0.15) is 5.10 Å². The number of methoxy groups -OCH3 is 1. The summed E-state index contributed by atoms with van der Waals surface area (Å²) >= 11 is 7.27. The minimum absolute atomic E-state index is 0.118. The van der Waals surface area contributed by atoms with Crippen molar-refractivity contribution in [3.8, 4) is 5.75 Å². The van der Waals surface area contributed by atoms with Crippen molar-refractivity contribution >= 4 is 46.1 Å². The van der Waals surface area contributed by atoms with Crippen LogP contribution in [0.15, 0.2) is 87.5 Å². The highest BCUT2D eigenvalue weighted by atomic mass is 35.5. The number of carbonyl (C=O) groups excluding carboxylic acids is 1. The summed E-state index contributed by atoms with van der Waals surface area (Å²) in [5.74, 6) is 0.802. The molecule has 0 saturated carbocycles. The maximum Gasteiger partial charge on any atom is 0.257 e. The Balaban J connectivity index is 1.38. The Labute approximate surface area is 200 Å². The molecule has 0 spiro atoms. The van der Waals surface area contributed by atoms with Gasteiger partial charge in [-0.05, 0) is 41.5 Å². The number of oxazole rings is 1. The van der Waals surface area contributed by atoms with Crippen LogP contribution < -0.4 is 4.74 Å². The number of rotatable bonds is 6. The lowest BCUT2D eigenvalue weighted by Gasteiger charge is -2.22. The molecular formula is C25H20ClN3O3S. The van der Waals surface area contributed by atoms with Crippen molar-refractivity contribution in [2.75, 3.05) is 12.9 Å². The number of aromatic nitrogens is 1. The summed E-state index contributed by atoms with van der Waals surface area (Å²) in [5, 5.41) is 7.31. The Morgan fingerprint density at radius 3 is 2.70 bits per heavy atom. The number of fused-ring (bicyclic) bond motifs is 1. The van der Waals surface area contributed by atoms with Gasteiger partial charge in [0.2, 0.25) is 0 Å². The second-order valence-corrected chi connectivity index (χ2v) is 8.89. The fraction of sp³-hybridized carbons (Fsp3) is 0.160. The molecule has 5 rings (SSSR count). The molecule has 0 aliphatic carbocycles. The molecule has 33 heavy (non-hydrogen) atoms. The van der Waals surface area contributed by atoms with Crippen LogP contribution in [-0.2, 0) is 4.79 Å². The Kier molecular flexibility index (Phi) is 6.07.